The van der Waals surface area contributed by atoms with Crippen molar-refractivity contribution in [3.05, 3.63) is 76.0 Å². The largest absolute Gasteiger partial charge is 0.503 e. The number of ether oxygens (including phenoxy) is 3. The molecule has 33 heavy (non-hydrogen) atoms. The second kappa shape index (κ2) is 12.1. The monoisotopic (exact) mass is 449 g/mol. The molecule has 0 N–H and O–H groups in total. The van der Waals surface area contributed by atoms with Crippen molar-refractivity contribution in [2.24, 2.45) is 5.16 Å². The molecule has 0 amide bonds. The Labute approximate surface area is 194 Å². The van der Waals surface area contributed by atoms with Gasteiger partial charge < -0.3 is 19.0 Å². The highest BCUT2D eigenvalue weighted by Gasteiger charge is 2.18. The maximum atomic E-state index is 12.2. The van der Waals surface area contributed by atoms with E-state index < -0.39 is 11.9 Å². The highest BCUT2D eigenvalue weighted by molar-refractivity contribution is 6.16. The summed E-state index contributed by atoms with van der Waals surface area (Å²) in [6, 6.07) is 10.9. The van der Waals surface area contributed by atoms with Crippen molar-refractivity contribution in [1.29, 1.82) is 0 Å². The lowest BCUT2D eigenvalue weighted by molar-refractivity contribution is -0.133. The van der Waals surface area contributed by atoms with Crippen LogP contribution < -0.4 is 0 Å². The molecule has 0 bridgehead atoms. The third kappa shape index (κ3) is 6.71. The van der Waals surface area contributed by atoms with E-state index in [4.69, 9.17) is 19.0 Å². The minimum Gasteiger partial charge on any atom is -0.503 e. The number of nitrogens with zero attached hydrogens (tertiary/aromatic N) is 1. The Hall–Kier alpha value is -4.05. The summed E-state index contributed by atoms with van der Waals surface area (Å²) in [5, 5.41) is 4.06. The van der Waals surface area contributed by atoms with Gasteiger partial charge in [0.05, 0.1) is 33.2 Å². The van der Waals surface area contributed by atoms with Crippen LogP contribution in [0.2, 0.25) is 0 Å². The van der Waals surface area contributed by atoms with Crippen LogP contribution in [0, 0.1) is 25.7 Å². The van der Waals surface area contributed by atoms with Gasteiger partial charge in [0.1, 0.15) is 17.9 Å². The van der Waals surface area contributed by atoms with E-state index >= 15 is 0 Å². The fraction of sp³-hybridized carbons (Fsp3) is 0.269. The summed E-state index contributed by atoms with van der Waals surface area (Å²) in [5.41, 5.74) is 5.00. The van der Waals surface area contributed by atoms with Crippen molar-refractivity contribution in [3.63, 3.8) is 0 Å². The van der Waals surface area contributed by atoms with E-state index in [2.05, 4.69) is 17.0 Å². The van der Waals surface area contributed by atoms with Gasteiger partial charge in [-0.3, -0.25) is 0 Å². The van der Waals surface area contributed by atoms with Crippen LogP contribution in [0.15, 0.2) is 47.8 Å². The van der Waals surface area contributed by atoms with Crippen LogP contribution in [0.25, 0.3) is 5.57 Å². The quantitative estimate of drug-likeness (QED) is 0.157. The molecule has 2 aromatic carbocycles. The maximum Gasteiger partial charge on any atom is 0.341 e. The molecule has 0 radical (unpaired) electrons. The number of hydrogen-bond donors (Lipinski definition) is 0. The lowest BCUT2D eigenvalue weighted by Crippen LogP contribution is -2.08. The van der Waals surface area contributed by atoms with Crippen molar-refractivity contribution < 1.29 is 28.6 Å². The third-order valence-electron chi connectivity index (χ3n) is 4.78. The van der Waals surface area contributed by atoms with E-state index in [-0.39, 0.29) is 12.2 Å². The van der Waals surface area contributed by atoms with E-state index in [1.165, 1.54) is 27.6 Å². The average molecular weight is 450 g/mol. The lowest BCUT2D eigenvalue weighted by Gasteiger charge is -2.13. The van der Waals surface area contributed by atoms with Gasteiger partial charge in [-0.05, 0) is 55.5 Å². The number of aryl methyl sites for hydroxylation is 2. The Bertz CT molecular complexity index is 1150. The molecule has 0 spiro atoms. The van der Waals surface area contributed by atoms with Gasteiger partial charge in [0.25, 0.3) is 0 Å². The normalized spacial score (nSPS) is 11.2. The van der Waals surface area contributed by atoms with E-state index in [9.17, 15) is 9.59 Å². The summed E-state index contributed by atoms with van der Waals surface area (Å²) in [6.07, 6.45) is 1.34. The number of hydrogen-bond acceptors (Lipinski definition) is 7. The molecule has 7 heteroatoms. The SMILES string of the molecule is CO/C=C(/C(=O)OC)c1cccc(C)c1CO/N=C(\C)C#Cc1ccc(C)c(C(=O)OC)c1. The van der Waals surface area contributed by atoms with Crippen LogP contribution in [-0.2, 0) is 30.4 Å². The molecule has 172 valence electrons. The summed E-state index contributed by atoms with van der Waals surface area (Å²) in [7, 11) is 4.11. The Morgan fingerprint density at radius 1 is 1.00 bits per heavy atom. The zero-order chi connectivity index (χ0) is 24.4. The molecular formula is C26H27NO6. The third-order valence-corrected chi connectivity index (χ3v) is 4.78. The summed E-state index contributed by atoms with van der Waals surface area (Å²) in [4.78, 5) is 29.6. The average Bonchev–Trinajstić information content (AvgIpc) is 2.82. The number of carbonyl (C=O) groups excluding carboxylic acids is 2. The van der Waals surface area contributed by atoms with Crippen molar-refractivity contribution in [1.82, 2.24) is 0 Å². The van der Waals surface area contributed by atoms with Gasteiger partial charge in [0.2, 0.25) is 0 Å². The number of carbonyl (C=O) groups is 2. The highest BCUT2D eigenvalue weighted by Crippen LogP contribution is 2.24. The first kappa shape index (κ1) is 25.2. The van der Waals surface area contributed by atoms with Crippen LogP contribution >= 0.6 is 0 Å². The molecule has 0 fully saturated rings. The molecule has 0 unspecified atom stereocenters. The number of oxime groups is 1. The molecule has 0 heterocycles. The van der Waals surface area contributed by atoms with Gasteiger partial charge in [-0.1, -0.05) is 35.3 Å². The minimum absolute atomic E-state index is 0.121. The molecule has 0 aliphatic rings. The predicted octanol–water partition coefficient (Wildman–Crippen LogP) is 4.19. The summed E-state index contributed by atoms with van der Waals surface area (Å²) >= 11 is 0. The van der Waals surface area contributed by atoms with Crippen LogP contribution in [0.3, 0.4) is 0 Å². The zero-order valence-electron chi connectivity index (χ0n) is 19.6. The van der Waals surface area contributed by atoms with Gasteiger partial charge >= 0.3 is 11.9 Å². The molecule has 2 aromatic rings. The lowest BCUT2D eigenvalue weighted by atomic mass is 9.97. The molecule has 2 rings (SSSR count). The zero-order valence-corrected chi connectivity index (χ0v) is 19.6. The second-order valence-electron chi connectivity index (χ2n) is 7.08. The molecule has 0 aliphatic carbocycles. The van der Waals surface area contributed by atoms with Crippen molar-refractivity contribution in [2.75, 3.05) is 21.3 Å². The standard InChI is InChI=1S/C26H27NO6/c1-17-8-7-9-21(24(15-30-4)26(29)32-6)23(17)16-33-27-19(3)11-13-20-12-10-18(2)22(14-20)25(28)31-5/h7-10,12,14-15H,16H2,1-6H3/b24-15+,27-19+. The number of methoxy groups -OCH3 is 3. The first-order chi connectivity index (χ1) is 15.8. The van der Waals surface area contributed by atoms with Crippen LogP contribution in [0.1, 0.15) is 45.1 Å². The summed E-state index contributed by atoms with van der Waals surface area (Å²) < 4.78 is 14.7. The summed E-state index contributed by atoms with van der Waals surface area (Å²) in [6.45, 7) is 5.58. The molecule has 0 aromatic heterocycles. The number of esters is 2. The molecular weight excluding hydrogens is 422 g/mol. The Morgan fingerprint density at radius 3 is 2.42 bits per heavy atom. The van der Waals surface area contributed by atoms with E-state index in [1.54, 1.807) is 19.1 Å². The predicted molar refractivity (Wildman–Crippen MR) is 125 cm³/mol. The number of benzene rings is 2. The fourth-order valence-corrected chi connectivity index (χ4v) is 3.00. The Morgan fingerprint density at radius 2 is 1.76 bits per heavy atom. The topological polar surface area (TPSA) is 83.4 Å². The Balaban J connectivity index is 2.21. The van der Waals surface area contributed by atoms with Crippen molar-refractivity contribution >= 4 is 23.2 Å². The molecule has 0 saturated carbocycles. The molecule has 0 atom stereocenters. The fourth-order valence-electron chi connectivity index (χ4n) is 3.00. The molecule has 0 saturated heterocycles. The van der Waals surface area contributed by atoms with E-state index in [0.29, 0.717) is 22.4 Å². The maximum absolute atomic E-state index is 12.2. The first-order valence-corrected chi connectivity index (χ1v) is 10.1. The molecule has 0 aliphatic heterocycles. The van der Waals surface area contributed by atoms with Gasteiger partial charge in [0.15, 0.2) is 0 Å². The van der Waals surface area contributed by atoms with E-state index in [0.717, 1.165) is 16.7 Å². The second-order valence-corrected chi connectivity index (χ2v) is 7.08. The van der Waals surface area contributed by atoms with Crippen LogP contribution in [-0.4, -0.2) is 39.0 Å². The minimum atomic E-state index is -0.515. The molecule has 7 nitrogen and oxygen atoms in total. The summed E-state index contributed by atoms with van der Waals surface area (Å²) in [5.74, 6) is 4.95. The van der Waals surface area contributed by atoms with Gasteiger partial charge in [-0.2, -0.15) is 0 Å². The smallest absolute Gasteiger partial charge is 0.341 e. The van der Waals surface area contributed by atoms with Gasteiger partial charge in [0, 0.05) is 11.1 Å². The van der Waals surface area contributed by atoms with Gasteiger partial charge in [-0.15, -0.1) is 0 Å². The number of rotatable bonds is 7. The van der Waals surface area contributed by atoms with Crippen LogP contribution in [0.5, 0.6) is 0 Å². The van der Waals surface area contributed by atoms with Gasteiger partial charge in [-0.25, -0.2) is 9.59 Å². The van der Waals surface area contributed by atoms with Crippen molar-refractivity contribution in [2.45, 2.75) is 27.4 Å². The first-order valence-electron chi connectivity index (χ1n) is 10.1. The van der Waals surface area contributed by atoms with Crippen molar-refractivity contribution in [3.8, 4) is 11.8 Å². The van der Waals surface area contributed by atoms with Crippen LogP contribution in [0.4, 0.5) is 0 Å². The highest BCUT2D eigenvalue weighted by atomic mass is 16.6. The van der Waals surface area contributed by atoms with E-state index in [1.807, 2.05) is 38.1 Å². The Kier molecular flexibility index (Phi) is 9.25.